The van der Waals surface area contributed by atoms with Gasteiger partial charge in [0.25, 0.3) is 0 Å². The third-order valence-electron chi connectivity index (χ3n) is 5.53. The third kappa shape index (κ3) is 6.74. The second kappa shape index (κ2) is 11.2. The molecular weight excluding hydrogens is 368 g/mol. The van der Waals surface area contributed by atoms with Crippen molar-refractivity contribution in [3.8, 4) is 11.5 Å². The lowest BCUT2D eigenvalue weighted by Gasteiger charge is -2.25. The van der Waals surface area contributed by atoms with Crippen LogP contribution >= 0.6 is 0 Å². The molecule has 1 atom stereocenters. The quantitative estimate of drug-likeness (QED) is 0.455. The average Bonchev–Trinajstić information content (AvgIpc) is 2.76. The molecule has 0 aliphatic carbocycles. The van der Waals surface area contributed by atoms with Crippen LogP contribution in [0, 0.1) is 0 Å². The van der Waals surface area contributed by atoms with E-state index in [1.165, 1.54) is 0 Å². The molecule has 0 aromatic heterocycles. The first-order chi connectivity index (χ1) is 13.9. The predicted molar refractivity (Wildman–Crippen MR) is 114 cm³/mol. The van der Waals surface area contributed by atoms with Crippen LogP contribution in [0.5, 0.6) is 11.5 Å². The first-order valence-electron chi connectivity index (χ1n) is 10.4. The Bertz CT molecular complexity index is 755. The van der Waals surface area contributed by atoms with Gasteiger partial charge in [-0.25, -0.2) is 0 Å². The first kappa shape index (κ1) is 23.2. The Morgan fingerprint density at radius 1 is 0.931 bits per heavy atom. The van der Waals surface area contributed by atoms with Gasteiger partial charge in [-0.05, 0) is 73.6 Å². The van der Waals surface area contributed by atoms with Crippen molar-refractivity contribution in [3.05, 3.63) is 59.2 Å². The Balaban J connectivity index is 1.94. The van der Waals surface area contributed by atoms with Gasteiger partial charge in [0.15, 0.2) is 0 Å². The number of ether oxygens (including phenoxy) is 2. The molecule has 2 aromatic carbocycles. The van der Waals surface area contributed by atoms with E-state index in [4.69, 9.17) is 9.47 Å². The monoisotopic (exact) mass is 402 g/mol. The van der Waals surface area contributed by atoms with Gasteiger partial charge >= 0.3 is 0 Å². The van der Waals surface area contributed by atoms with Crippen LogP contribution < -0.4 is 9.47 Å². The minimum Gasteiger partial charge on any atom is -0.494 e. The summed E-state index contributed by atoms with van der Waals surface area (Å²) in [5.74, 6) is 1.42. The Labute approximate surface area is 173 Å². The Morgan fingerprint density at radius 3 is 2.31 bits per heavy atom. The fourth-order valence-corrected chi connectivity index (χ4v) is 3.30. The first-order valence-corrected chi connectivity index (χ1v) is 10.4. The molecule has 5 heteroatoms. The van der Waals surface area contributed by atoms with Gasteiger partial charge in [-0.2, -0.15) is 0 Å². The lowest BCUT2D eigenvalue weighted by atomic mass is 9.92. The average molecular weight is 403 g/mol. The molecule has 0 amide bonds. The van der Waals surface area contributed by atoms with E-state index >= 15 is 0 Å². The van der Waals surface area contributed by atoms with Gasteiger partial charge < -0.3 is 24.8 Å². The molecule has 29 heavy (non-hydrogen) atoms. The molecule has 0 saturated carbocycles. The van der Waals surface area contributed by atoms with Gasteiger partial charge in [0, 0.05) is 0 Å². The number of benzene rings is 2. The van der Waals surface area contributed by atoms with Gasteiger partial charge in [-0.1, -0.05) is 32.0 Å². The molecule has 0 fully saturated rings. The fraction of sp³-hybridized carbons (Fsp3) is 0.500. The van der Waals surface area contributed by atoms with Crippen molar-refractivity contribution < 1.29 is 24.8 Å². The van der Waals surface area contributed by atoms with Crippen LogP contribution in [0.25, 0.3) is 0 Å². The van der Waals surface area contributed by atoms with Gasteiger partial charge in [0.2, 0.25) is 0 Å². The smallest absolute Gasteiger partial charge is 0.121 e. The maximum Gasteiger partial charge on any atom is 0.121 e. The molecule has 3 N–H and O–H groups in total. The zero-order chi connectivity index (χ0) is 21.3. The summed E-state index contributed by atoms with van der Waals surface area (Å²) < 4.78 is 11.9. The summed E-state index contributed by atoms with van der Waals surface area (Å²) in [4.78, 5) is 0. The number of hydrogen-bond donors (Lipinski definition) is 3. The van der Waals surface area contributed by atoms with Crippen molar-refractivity contribution in [1.82, 2.24) is 0 Å². The van der Waals surface area contributed by atoms with E-state index in [0.29, 0.717) is 23.5 Å². The minimum absolute atomic E-state index is 0.112. The zero-order valence-electron chi connectivity index (χ0n) is 17.7. The van der Waals surface area contributed by atoms with Crippen LogP contribution in [0.2, 0.25) is 0 Å². The van der Waals surface area contributed by atoms with Crippen LogP contribution in [-0.2, 0) is 13.2 Å². The molecule has 2 rings (SSSR count). The van der Waals surface area contributed by atoms with Crippen molar-refractivity contribution >= 4 is 0 Å². The third-order valence-corrected chi connectivity index (χ3v) is 5.53. The number of aliphatic hydroxyl groups excluding tert-OH is 2. The van der Waals surface area contributed by atoms with Crippen LogP contribution in [0.3, 0.4) is 0 Å². The Kier molecular flexibility index (Phi) is 8.96. The van der Waals surface area contributed by atoms with Crippen LogP contribution in [0.15, 0.2) is 42.5 Å². The van der Waals surface area contributed by atoms with Gasteiger partial charge in [0.05, 0.1) is 25.4 Å². The van der Waals surface area contributed by atoms with Crippen molar-refractivity contribution in [2.75, 3.05) is 6.61 Å². The highest BCUT2D eigenvalue weighted by molar-refractivity contribution is 5.36. The van der Waals surface area contributed by atoms with E-state index in [9.17, 15) is 15.3 Å². The predicted octanol–water partition coefficient (Wildman–Crippen LogP) is 4.52. The second-order valence-electron chi connectivity index (χ2n) is 7.46. The van der Waals surface area contributed by atoms with Crippen LogP contribution in [-0.4, -0.2) is 27.5 Å². The fourth-order valence-electron chi connectivity index (χ4n) is 3.30. The summed E-state index contributed by atoms with van der Waals surface area (Å²) in [6.07, 6.45) is 2.84. The molecule has 0 saturated heterocycles. The van der Waals surface area contributed by atoms with Crippen molar-refractivity contribution in [2.24, 2.45) is 0 Å². The standard InChI is InChI=1S/C24H34O5/c1-4-24(27,5-2)12-7-13-28-22-9-6-8-19(14-22)18(3)29-23-11-10-20(16-25)21(15-23)17-26/h6,8-11,14-15,18,25-27H,4-5,7,12-13,16-17H2,1-3H3. The van der Waals surface area contributed by atoms with E-state index in [2.05, 4.69) is 0 Å². The van der Waals surface area contributed by atoms with Crippen LogP contribution in [0.1, 0.15) is 69.2 Å². The molecule has 0 radical (unpaired) electrons. The van der Waals surface area contributed by atoms with E-state index in [-0.39, 0.29) is 19.3 Å². The maximum absolute atomic E-state index is 10.4. The molecular formula is C24H34O5. The van der Waals surface area contributed by atoms with Crippen molar-refractivity contribution in [3.63, 3.8) is 0 Å². The summed E-state index contributed by atoms with van der Waals surface area (Å²) in [7, 11) is 0. The second-order valence-corrected chi connectivity index (χ2v) is 7.46. The lowest BCUT2D eigenvalue weighted by Crippen LogP contribution is -2.26. The summed E-state index contributed by atoms with van der Waals surface area (Å²) in [5, 5.41) is 29.1. The normalized spacial score (nSPS) is 12.6. The Morgan fingerprint density at radius 2 is 1.66 bits per heavy atom. The Hall–Kier alpha value is -2.08. The lowest BCUT2D eigenvalue weighted by molar-refractivity contribution is 0.0185. The van der Waals surface area contributed by atoms with E-state index in [0.717, 1.165) is 37.0 Å². The van der Waals surface area contributed by atoms with Gasteiger partial charge in [0.1, 0.15) is 17.6 Å². The van der Waals surface area contributed by atoms with E-state index in [1.54, 1.807) is 18.2 Å². The summed E-state index contributed by atoms with van der Waals surface area (Å²) >= 11 is 0. The molecule has 0 aliphatic heterocycles. The van der Waals surface area contributed by atoms with Crippen LogP contribution in [0.4, 0.5) is 0 Å². The maximum atomic E-state index is 10.4. The molecule has 160 valence electrons. The molecule has 0 aliphatic rings. The topological polar surface area (TPSA) is 79.2 Å². The van der Waals surface area contributed by atoms with E-state index < -0.39 is 5.60 Å². The highest BCUT2D eigenvalue weighted by atomic mass is 16.5. The summed E-state index contributed by atoms with van der Waals surface area (Å²) in [6, 6.07) is 13.1. The number of hydrogen-bond acceptors (Lipinski definition) is 5. The molecule has 5 nitrogen and oxygen atoms in total. The molecule has 0 spiro atoms. The molecule has 1 unspecified atom stereocenters. The van der Waals surface area contributed by atoms with E-state index in [1.807, 2.05) is 45.0 Å². The number of aliphatic hydroxyl groups is 3. The summed E-state index contributed by atoms with van der Waals surface area (Å²) in [6.45, 7) is 6.28. The number of rotatable bonds is 12. The minimum atomic E-state index is -0.591. The highest BCUT2D eigenvalue weighted by Gasteiger charge is 2.21. The van der Waals surface area contributed by atoms with Crippen molar-refractivity contribution in [2.45, 2.75) is 71.4 Å². The largest absolute Gasteiger partial charge is 0.494 e. The molecule has 2 aromatic rings. The van der Waals surface area contributed by atoms with Gasteiger partial charge in [-0.3, -0.25) is 0 Å². The molecule has 0 bridgehead atoms. The summed E-state index contributed by atoms with van der Waals surface area (Å²) in [5.41, 5.74) is 1.75. The van der Waals surface area contributed by atoms with Gasteiger partial charge in [-0.15, -0.1) is 0 Å². The van der Waals surface area contributed by atoms with Crippen molar-refractivity contribution in [1.29, 1.82) is 0 Å². The zero-order valence-corrected chi connectivity index (χ0v) is 17.7. The SMILES string of the molecule is CCC(O)(CC)CCCOc1cccc(C(C)Oc2ccc(CO)c(CO)c2)c1. The highest BCUT2D eigenvalue weighted by Crippen LogP contribution is 2.27. The molecule has 0 heterocycles.